The molecule has 3 nitrogen and oxygen atoms in total. The van der Waals surface area contributed by atoms with E-state index in [-0.39, 0.29) is 12.1 Å². The number of nitrogens with zero attached hydrogens (tertiary/aromatic N) is 3. The van der Waals surface area contributed by atoms with E-state index < -0.39 is 0 Å². The maximum absolute atomic E-state index is 2.64. The zero-order valence-corrected chi connectivity index (χ0v) is 41.6. The highest BCUT2D eigenvalue weighted by molar-refractivity contribution is 7.00. The number of benzene rings is 11. The summed E-state index contributed by atoms with van der Waals surface area (Å²) in [4.78, 5) is 2.64. The van der Waals surface area contributed by atoms with Gasteiger partial charge < -0.3 is 14.0 Å². The third-order valence-corrected chi connectivity index (χ3v) is 16.0. The molecule has 0 fully saturated rings. The first-order chi connectivity index (χ1) is 36.4. The highest BCUT2D eigenvalue weighted by atomic mass is 15.2. The van der Waals surface area contributed by atoms with Gasteiger partial charge in [0.05, 0.1) is 22.2 Å². The van der Waals surface area contributed by atoms with Crippen LogP contribution < -0.4 is 21.3 Å². The summed E-state index contributed by atoms with van der Waals surface area (Å²) in [5.41, 5.74) is 25.5. The molecule has 0 amide bonds. The van der Waals surface area contributed by atoms with E-state index in [0.717, 1.165) is 11.4 Å². The summed E-state index contributed by atoms with van der Waals surface area (Å²) in [5.74, 6) is 0. The Morgan fingerprint density at radius 2 is 0.878 bits per heavy atom. The smallest absolute Gasteiger partial charge is 0.252 e. The SMILES string of the molecule is CC(C)(C)c1ccc2c(c1)c1cc3c(cc1n2-c1ccccc1)B1c2c(cc(-c4ccccc4)cc2-n2c4ccc(-c5ccccc5)cc4c4cccc1c42)N3c1ccc(-c2ccccc2)cc1-c1ccccc1. The standard InChI is InChI=1S/C70H50BN3/c1-70(2,3)52-34-37-62-57(42-52)58-43-65-60(44-64(58)72(62)53-28-17-8-18-29-53)71-59-31-19-30-54-56-39-50(46-22-11-5-12-23-46)33-36-63(56)74(69(54)59)67-41-51(47-24-13-6-14-25-47)40-66(68(67)71)73(65)61-35-32-49(45-20-9-4-10-21-45)38-55(61)48-26-15-7-16-27-48/h4-44H,1-3H3. The lowest BCUT2D eigenvalue weighted by molar-refractivity contribution is 0.591. The summed E-state index contributed by atoms with van der Waals surface area (Å²) in [6.07, 6.45) is 0. The molecule has 0 radical (unpaired) electrons. The minimum absolute atomic E-state index is 0.0367. The van der Waals surface area contributed by atoms with Crippen LogP contribution in [0.4, 0.5) is 17.1 Å². The number of rotatable bonds is 6. The lowest BCUT2D eigenvalue weighted by Gasteiger charge is -2.41. The first-order valence-electron chi connectivity index (χ1n) is 25.9. The number of anilines is 3. The van der Waals surface area contributed by atoms with E-state index in [1.807, 2.05) is 0 Å². The molecule has 11 aromatic carbocycles. The highest BCUT2D eigenvalue weighted by Gasteiger charge is 2.43. The number of fused-ring (bicyclic) bond motifs is 10. The molecule has 0 bridgehead atoms. The molecule has 15 rings (SSSR count). The Morgan fingerprint density at radius 3 is 1.55 bits per heavy atom. The van der Waals surface area contributed by atoms with Crippen molar-refractivity contribution in [3.05, 3.63) is 254 Å². The van der Waals surface area contributed by atoms with Crippen molar-refractivity contribution in [2.45, 2.75) is 26.2 Å². The minimum Gasteiger partial charge on any atom is -0.311 e. The Balaban J connectivity index is 1.12. The van der Waals surface area contributed by atoms with Crippen LogP contribution in [0.3, 0.4) is 0 Å². The van der Waals surface area contributed by atoms with Crippen LogP contribution in [0.2, 0.25) is 0 Å². The predicted molar refractivity (Wildman–Crippen MR) is 315 cm³/mol. The number of hydrogen-bond donors (Lipinski definition) is 0. The second-order valence-corrected chi connectivity index (χ2v) is 21.3. The van der Waals surface area contributed by atoms with E-state index in [9.17, 15) is 0 Å². The molecule has 2 aliphatic heterocycles. The van der Waals surface area contributed by atoms with Gasteiger partial charge >= 0.3 is 0 Å². The quantitative estimate of drug-likeness (QED) is 0.151. The lowest BCUT2D eigenvalue weighted by Crippen LogP contribution is -2.60. The molecule has 2 aromatic heterocycles. The Kier molecular flexibility index (Phi) is 9.32. The van der Waals surface area contributed by atoms with E-state index in [4.69, 9.17) is 0 Å². The minimum atomic E-state index is -0.0780. The van der Waals surface area contributed by atoms with Gasteiger partial charge in [0.15, 0.2) is 0 Å². The van der Waals surface area contributed by atoms with Crippen molar-refractivity contribution < 1.29 is 0 Å². The topological polar surface area (TPSA) is 13.1 Å². The summed E-state index contributed by atoms with van der Waals surface area (Å²) >= 11 is 0. The molecule has 0 aliphatic carbocycles. The number of hydrogen-bond acceptors (Lipinski definition) is 1. The van der Waals surface area contributed by atoms with Gasteiger partial charge in [-0.1, -0.05) is 197 Å². The van der Waals surface area contributed by atoms with Crippen LogP contribution in [-0.2, 0) is 5.41 Å². The fourth-order valence-corrected chi connectivity index (χ4v) is 12.5. The Bertz CT molecular complexity index is 4380. The fraction of sp³-hybridized carbons (Fsp3) is 0.0571. The molecule has 0 spiro atoms. The van der Waals surface area contributed by atoms with Crippen LogP contribution >= 0.6 is 0 Å². The van der Waals surface area contributed by atoms with Crippen molar-refractivity contribution in [1.82, 2.24) is 9.13 Å². The van der Waals surface area contributed by atoms with Crippen molar-refractivity contribution in [2.75, 3.05) is 4.90 Å². The summed E-state index contributed by atoms with van der Waals surface area (Å²) < 4.78 is 5.11. The molecular formula is C70H50BN3. The molecule has 0 atom stereocenters. The predicted octanol–water partition coefficient (Wildman–Crippen LogP) is 16.5. The van der Waals surface area contributed by atoms with Gasteiger partial charge in [0.25, 0.3) is 6.71 Å². The van der Waals surface area contributed by atoms with Gasteiger partial charge in [-0.2, -0.15) is 0 Å². The van der Waals surface area contributed by atoms with Gasteiger partial charge in [-0.15, -0.1) is 0 Å². The molecule has 4 heteroatoms. The average Bonchev–Trinajstić information content (AvgIpc) is 3.98. The third kappa shape index (κ3) is 6.41. The maximum atomic E-state index is 2.64. The second kappa shape index (κ2) is 16.2. The molecule has 0 unspecified atom stereocenters. The summed E-state index contributed by atoms with van der Waals surface area (Å²) in [7, 11) is 0. The fourth-order valence-electron chi connectivity index (χ4n) is 12.5. The first kappa shape index (κ1) is 42.6. The molecule has 0 saturated heterocycles. The van der Waals surface area contributed by atoms with E-state index in [1.54, 1.807) is 0 Å². The van der Waals surface area contributed by atoms with E-state index in [2.05, 4.69) is 284 Å². The van der Waals surface area contributed by atoms with Crippen LogP contribution in [0.5, 0.6) is 0 Å². The second-order valence-electron chi connectivity index (χ2n) is 21.3. The van der Waals surface area contributed by atoms with Crippen LogP contribution in [0.1, 0.15) is 26.3 Å². The molecule has 348 valence electrons. The molecule has 74 heavy (non-hydrogen) atoms. The number of para-hydroxylation sites is 2. The third-order valence-electron chi connectivity index (χ3n) is 16.0. The van der Waals surface area contributed by atoms with Crippen molar-refractivity contribution >= 4 is 83.8 Å². The van der Waals surface area contributed by atoms with Crippen LogP contribution in [-0.4, -0.2) is 15.8 Å². The lowest BCUT2D eigenvalue weighted by atomic mass is 9.33. The van der Waals surface area contributed by atoms with Gasteiger partial charge in [-0.05, 0) is 139 Å². The summed E-state index contributed by atoms with van der Waals surface area (Å²) in [5, 5.41) is 5.02. The van der Waals surface area contributed by atoms with E-state index >= 15 is 0 Å². The van der Waals surface area contributed by atoms with Crippen LogP contribution in [0, 0.1) is 0 Å². The Hall–Kier alpha value is -9.12. The molecule has 0 N–H and O–H groups in total. The largest absolute Gasteiger partial charge is 0.311 e. The van der Waals surface area contributed by atoms with Gasteiger partial charge in [-0.25, -0.2) is 0 Å². The molecule has 4 heterocycles. The maximum Gasteiger partial charge on any atom is 0.252 e. The molecule has 13 aromatic rings. The van der Waals surface area contributed by atoms with Gasteiger partial charge in [-0.3, -0.25) is 0 Å². The van der Waals surface area contributed by atoms with Crippen LogP contribution in [0.15, 0.2) is 249 Å². The first-order valence-corrected chi connectivity index (χ1v) is 25.9. The van der Waals surface area contributed by atoms with Crippen LogP contribution in [0.25, 0.3) is 99.5 Å². The Labute approximate surface area is 431 Å². The molecule has 0 saturated carbocycles. The van der Waals surface area contributed by atoms with Crippen molar-refractivity contribution in [3.63, 3.8) is 0 Å². The average molecular weight is 944 g/mol. The number of aromatic nitrogens is 2. The van der Waals surface area contributed by atoms with E-state index in [0.29, 0.717) is 0 Å². The van der Waals surface area contributed by atoms with Gasteiger partial charge in [0, 0.05) is 55.4 Å². The van der Waals surface area contributed by atoms with Crippen molar-refractivity contribution in [1.29, 1.82) is 0 Å². The Morgan fingerprint density at radius 1 is 0.324 bits per heavy atom. The highest BCUT2D eigenvalue weighted by Crippen LogP contribution is 2.49. The van der Waals surface area contributed by atoms with Crippen molar-refractivity contribution in [2.24, 2.45) is 0 Å². The van der Waals surface area contributed by atoms with Crippen molar-refractivity contribution in [3.8, 4) is 55.9 Å². The normalized spacial score (nSPS) is 12.7. The van der Waals surface area contributed by atoms with E-state index in [1.165, 1.54) is 127 Å². The molecular weight excluding hydrogens is 894 g/mol. The monoisotopic (exact) mass is 943 g/mol. The summed E-state index contributed by atoms with van der Waals surface area (Å²) in [6.45, 7) is 6.89. The molecule has 2 aliphatic rings. The van der Waals surface area contributed by atoms with Gasteiger partial charge in [0.1, 0.15) is 0 Å². The zero-order chi connectivity index (χ0) is 49.2. The zero-order valence-electron chi connectivity index (χ0n) is 41.6. The van der Waals surface area contributed by atoms with Gasteiger partial charge in [0.2, 0.25) is 0 Å². The summed E-state index contributed by atoms with van der Waals surface area (Å²) in [6, 6.07) is 93.1.